The van der Waals surface area contributed by atoms with Crippen molar-refractivity contribution in [1.82, 2.24) is 9.78 Å². The first kappa shape index (κ1) is 12.9. The van der Waals surface area contributed by atoms with E-state index in [-0.39, 0.29) is 6.23 Å². The third-order valence-corrected chi connectivity index (χ3v) is 3.72. The molecule has 1 fully saturated rings. The van der Waals surface area contributed by atoms with Gasteiger partial charge >= 0.3 is 0 Å². The van der Waals surface area contributed by atoms with Gasteiger partial charge in [0.15, 0.2) is 0 Å². The molecule has 0 bridgehead atoms. The lowest BCUT2D eigenvalue weighted by Crippen LogP contribution is -2.18. The molecule has 1 aliphatic heterocycles. The second kappa shape index (κ2) is 5.48. The number of nitriles is 1. The fourth-order valence-electron chi connectivity index (χ4n) is 2.62. The quantitative estimate of drug-likeness (QED) is 0.837. The minimum absolute atomic E-state index is 0.0659. The lowest BCUT2D eigenvalue weighted by atomic mass is 10.0. The van der Waals surface area contributed by atoms with Gasteiger partial charge in [0.1, 0.15) is 6.23 Å². The van der Waals surface area contributed by atoms with E-state index in [0.717, 1.165) is 36.1 Å². The predicted octanol–water partition coefficient (Wildman–Crippen LogP) is 3.43. The maximum atomic E-state index is 8.91. The van der Waals surface area contributed by atoms with Gasteiger partial charge in [0, 0.05) is 18.4 Å². The zero-order valence-electron chi connectivity index (χ0n) is 11.5. The molecule has 20 heavy (non-hydrogen) atoms. The molecule has 1 aromatic heterocycles. The molecule has 4 heteroatoms. The van der Waals surface area contributed by atoms with Gasteiger partial charge in [0.2, 0.25) is 0 Å². The van der Waals surface area contributed by atoms with Crippen molar-refractivity contribution < 1.29 is 4.74 Å². The molecule has 4 nitrogen and oxygen atoms in total. The Kier molecular flexibility index (Phi) is 3.53. The minimum Gasteiger partial charge on any atom is -0.357 e. The minimum atomic E-state index is 0.0659. The van der Waals surface area contributed by atoms with Crippen LogP contribution in [0.15, 0.2) is 30.6 Å². The summed E-state index contributed by atoms with van der Waals surface area (Å²) in [4.78, 5) is 0. The number of ether oxygens (including phenoxy) is 1. The number of aromatic nitrogens is 2. The van der Waals surface area contributed by atoms with E-state index in [1.165, 1.54) is 6.42 Å². The fraction of sp³-hybridized carbons (Fsp3) is 0.375. The maximum Gasteiger partial charge on any atom is 0.150 e. The van der Waals surface area contributed by atoms with Crippen molar-refractivity contribution in [2.75, 3.05) is 6.61 Å². The first-order chi connectivity index (χ1) is 9.78. The topological polar surface area (TPSA) is 50.8 Å². The number of hydrogen-bond donors (Lipinski definition) is 0. The lowest BCUT2D eigenvalue weighted by Gasteiger charge is -2.22. The van der Waals surface area contributed by atoms with Gasteiger partial charge in [-0.25, -0.2) is 4.68 Å². The standard InChI is InChI=1S/C16H17N3O/c1-12-8-13(9-17)5-6-15(12)14-10-18-19(11-14)16-4-2-3-7-20-16/h5-6,8,10-11,16H,2-4,7H2,1H3. The van der Waals surface area contributed by atoms with Crippen LogP contribution in [0.4, 0.5) is 0 Å². The molecule has 1 atom stereocenters. The molecular formula is C16H17N3O. The highest BCUT2D eigenvalue weighted by Gasteiger charge is 2.17. The van der Waals surface area contributed by atoms with E-state index in [1.54, 1.807) is 0 Å². The van der Waals surface area contributed by atoms with E-state index in [4.69, 9.17) is 10.00 Å². The van der Waals surface area contributed by atoms with Gasteiger partial charge in [-0.3, -0.25) is 0 Å². The summed E-state index contributed by atoms with van der Waals surface area (Å²) in [5.41, 5.74) is 3.97. The Bertz CT molecular complexity index is 648. The van der Waals surface area contributed by atoms with Crippen molar-refractivity contribution >= 4 is 0 Å². The SMILES string of the molecule is Cc1cc(C#N)ccc1-c1cnn(C2CCCCO2)c1. The summed E-state index contributed by atoms with van der Waals surface area (Å²) in [5.74, 6) is 0. The third kappa shape index (κ3) is 2.45. The van der Waals surface area contributed by atoms with Crippen LogP contribution in [-0.2, 0) is 4.74 Å². The summed E-state index contributed by atoms with van der Waals surface area (Å²) in [5, 5.41) is 13.3. The predicted molar refractivity (Wildman–Crippen MR) is 76.0 cm³/mol. The summed E-state index contributed by atoms with van der Waals surface area (Å²) in [7, 11) is 0. The van der Waals surface area contributed by atoms with Crippen LogP contribution in [0.25, 0.3) is 11.1 Å². The number of hydrogen-bond acceptors (Lipinski definition) is 3. The van der Waals surface area contributed by atoms with Gasteiger partial charge in [-0.05, 0) is 49.4 Å². The zero-order valence-corrected chi connectivity index (χ0v) is 11.5. The fourth-order valence-corrected chi connectivity index (χ4v) is 2.62. The van der Waals surface area contributed by atoms with Crippen molar-refractivity contribution in [3.8, 4) is 17.2 Å². The monoisotopic (exact) mass is 267 g/mol. The summed E-state index contributed by atoms with van der Waals surface area (Å²) in [6.07, 6.45) is 7.32. The maximum absolute atomic E-state index is 8.91. The molecule has 1 saturated heterocycles. The van der Waals surface area contributed by atoms with Crippen molar-refractivity contribution in [2.24, 2.45) is 0 Å². The van der Waals surface area contributed by atoms with Crippen LogP contribution < -0.4 is 0 Å². The molecule has 1 aliphatic rings. The first-order valence-electron chi connectivity index (χ1n) is 6.95. The molecule has 0 spiro atoms. The normalized spacial score (nSPS) is 18.7. The van der Waals surface area contributed by atoms with Crippen LogP contribution in [-0.4, -0.2) is 16.4 Å². The van der Waals surface area contributed by atoms with Crippen molar-refractivity contribution in [3.05, 3.63) is 41.7 Å². The van der Waals surface area contributed by atoms with Crippen LogP contribution in [0.1, 0.15) is 36.6 Å². The van der Waals surface area contributed by atoms with E-state index >= 15 is 0 Å². The van der Waals surface area contributed by atoms with Gasteiger partial charge in [0.05, 0.1) is 17.8 Å². The van der Waals surface area contributed by atoms with E-state index in [9.17, 15) is 0 Å². The molecule has 0 saturated carbocycles. The second-order valence-corrected chi connectivity index (χ2v) is 5.17. The van der Waals surface area contributed by atoms with Crippen LogP contribution in [0.3, 0.4) is 0 Å². The zero-order chi connectivity index (χ0) is 13.9. The van der Waals surface area contributed by atoms with Gasteiger partial charge in [-0.15, -0.1) is 0 Å². The molecule has 3 rings (SSSR count). The van der Waals surface area contributed by atoms with Crippen LogP contribution in [0.5, 0.6) is 0 Å². The molecule has 102 valence electrons. The molecule has 0 radical (unpaired) electrons. The number of aryl methyl sites for hydroxylation is 1. The molecule has 0 amide bonds. The van der Waals surface area contributed by atoms with Crippen LogP contribution in [0, 0.1) is 18.3 Å². The third-order valence-electron chi connectivity index (χ3n) is 3.72. The highest BCUT2D eigenvalue weighted by atomic mass is 16.5. The first-order valence-corrected chi connectivity index (χ1v) is 6.95. The summed E-state index contributed by atoms with van der Waals surface area (Å²) < 4.78 is 7.65. The Hall–Kier alpha value is -2.12. The Morgan fingerprint density at radius 1 is 1.40 bits per heavy atom. The van der Waals surface area contributed by atoms with E-state index in [0.29, 0.717) is 5.56 Å². The van der Waals surface area contributed by atoms with Gasteiger partial charge in [-0.1, -0.05) is 6.07 Å². The molecule has 2 aromatic rings. The molecule has 0 aliphatic carbocycles. The molecule has 2 heterocycles. The average Bonchev–Trinajstić information content (AvgIpc) is 2.97. The number of rotatable bonds is 2. The Morgan fingerprint density at radius 3 is 3.00 bits per heavy atom. The molecular weight excluding hydrogens is 250 g/mol. The second-order valence-electron chi connectivity index (χ2n) is 5.17. The van der Waals surface area contributed by atoms with Gasteiger partial charge in [-0.2, -0.15) is 10.4 Å². The highest BCUT2D eigenvalue weighted by Crippen LogP contribution is 2.27. The van der Waals surface area contributed by atoms with Crippen molar-refractivity contribution in [2.45, 2.75) is 32.4 Å². The Balaban J connectivity index is 1.88. The molecule has 0 N–H and O–H groups in total. The summed E-state index contributed by atoms with van der Waals surface area (Å²) >= 11 is 0. The smallest absolute Gasteiger partial charge is 0.150 e. The largest absolute Gasteiger partial charge is 0.357 e. The number of nitrogens with zero attached hydrogens (tertiary/aromatic N) is 3. The van der Waals surface area contributed by atoms with Gasteiger partial charge in [0.25, 0.3) is 0 Å². The Labute approximate surface area is 118 Å². The van der Waals surface area contributed by atoms with E-state index in [2.05, 4.69) is 11.2 Å². The van der Waals surface area contributed by atoms with E-state index < -0.39 is 0 Å². The van der Waals surface area contributed by atoms with Crippen molar-refractivity contribution in [1.29, 1.82) is 5.26 Å². The Morgan fingerprint density at radius 2 is 2.30 bits per heavy atom. The van der Waals surface area contributed by atoms with E-state index in [1.807, 2.05) is 42.2 Å². The van der Waals surface area contributed by atoms with Crippen molar-refractivity contribution in [3.63, 3.8) is 0 Å². The molecule has 1 unspecified atom stereocenters. The summed E-state index contributed by atoms with van der Waals surface area (Å²) in [6, 6.07) is 7.90. The van der Waals surface area contributed by atoms with Crippen LogP contribution in [0.2, 0.25) is 0 Å². The summed E-state index contributed by atoms with van der Waals surface area (Å²) in [6.45, 7) is 2.83. The molecule has 1 aromatic carbocycles. The number of benzene rings is 1. The average molecular weight is 267 g/mol. The lowest BCUT2D eigenvalue weighted by molar-refractivity contribution is -0.0394. The van der Waals surface area contributed by atoms with Gasteiger partial charge < -0.3 is 4.74 Å². The van der Waals surface area contributed by atoms with Crippen LogP contribution >= 0.6 is 0 Å². The highest BCUT2D eigenvalue weighted by molar-refractivity contribution is 5.66.